The molecule has 1 amide bonds. The lowest BCUT2D eigenvalue weighted by molar-refractivity contribution is -0.120. The van der Waals surface area contributed by atoms with E-state index in [9.17, 15) is 9.59 Å². The number of carbonyl (C=O) groups excluding carboxylic acids is 1. The predicted molar refractivity (Wildman–Crippen MR) is 74.9 cm³/mol. The summed E-state index contributed by atoms with van der Waals surface area (Å²) in [5.74, 6) is -0.619. The highest BCUT2D eigenvalue weighted by Gasteiger charge is 2.14. The number of rotatable bonds is 5. The van der Waals surface area contributed by atoms with E-state index in [1.165, 1.54) is 6.07 Å². The number of nitrogens with zero attached hydrogens (tertiary/aromatic N) is 1. The van der Waals surface area contributed by atoms with E-state index in [4.69, 9.17) is 9.63 Å². The molecule has 0 atom stereocenters. The molecule has 0 aliphatic heterocycles. The van der Waals surface area contributed by atoms with Crippen LogP contribution in [0.2, 0.25) is 0 Å². The van der Waals surface area contributed by atoms with Crippen molar-refractivity contribution in [2.24, 2.45) is 0 Å². The fourth-order valence-electron chi connectivity index (χ4n) is 2.06. The Morgan fingerprint density at radius 1 is 1.29 bits per heavy atom. The van der Waals surface area contributed by atoms with Gasteiger partial charge in [0, 0.05) is 12.1 Å². The lowest BCUT2D eigenvalue weighted by Crippen LogP contribution is -2.25. The molecule has 1 aromatic heterocycles. The van der Waals surface area contributed by atoms with Gasteiger partial charge in [0.2, 0.25) is 5.91 Å². The van der Waals surface area contributed by atoms with Gasteiger partial charge in [0.05, 0.1) is 17.7 Å². The molecule has 0 saturated carbocycles. The van der Waals surface area contributed by atoms with Gasteiger partial charge in [-0.3, -0.25) is 4.79 Å². The minimum atomic E-state index is -1.04. The Kier molecular flexibility index (Phi) is 4.37. The smallest absolute Gasteiger partial charge is 0.335 e. The molecule has 0 saturated heterocycles. The van der Waals surface area contributed by atoms with Crippen molar-refractivity contribution in [2.45, 2.75) is 26.8 Å². The van der Waals surface area contributed by atoms with Gasteiger partial charge in [0.15, 0.2) is 0 Å². The monoisotopic (exact) mass is 288 g/mol. The van der Waals surface area contributed by atoms with Crippen LogP contribution in [0.1, 0.15) is 32.9 Å². The Morgan fingerprint density at radius 2 is 2.00 bits per heavy atom. The molecule has 0 aliphatic carbocycles. The number of amides is 1. The SMILES string of the molecule is Cc1noc(C)c1CNC(=O)Cc1ccccc1C(=O)O. The summed E-state index contributed by atoms with van der Waals surface area (Å²) >= 11 is 0. The van der Waals surface area contributed by atoms with Crippen LogP contribution in [0.3, 0.4) is 0 Å². The van der Waals surface area contributed by atoms with E-state index in [0.29, 0.717) is 17.9 Å². The molecule has 0 fully saturated rings. The van der Waals surface area contributed by atoms with Crippen LogP contribution in [0, 0.1) is 13.8 Å². The van der Waals surface area contributed by atoms with Crippen LogP contribution >= 0.6 is 0 Å². The first-order valence-corrected chi connectivity index (χ1v) is 6.48. The summed E-state index contributed by atoms with van der Waals surface area (Å²) in [6, 6.07) is 6.47. The van der Waals surface area contributed by atoms with Crippen molar-refractivity contribution < 1.29 is 19.2 Å². The Balaban J connectivity index is 2.01. The lowest BCUT2D eigenvalue weighted by Gasteiger charge is -2.07. The molecule has 0 aliphatic rings. The van der Waals surface area contributed by atoms with E-state index >= 15 is 0 Å². The van der Waals surface area contributed by atoms with Crippen LogP contribution in [0.15, 0.2) is 28.8 Å². The molecule has 6 nitrogen and oxygen atoms in total. The number of carbonyl (C=O) groups is 2. The number of carboxylic acids is 1. The zero-order valence-corrected chi connectivity index (χ0v) is 11.8. The first kappa shape index (κ1) is 14.8. The Labute approximate surface area is 121 Å². The lowest BCUT2D eigenvalue weighted by atomic mass is 10.0. The van der Waals surface area contributed by atoms with E-state index in [1.54, 1.807) is 32.0 Å². The highest BCUT2D eigenvalue weighted by molar-refractivity contribution is 5.91. The molecule has 21 heavy (non-hydrogen) atoms. The van der Waals surface area contributed by atoms with Crippen molar-refractivity contribution in [2.75, 3.05) is 0 Å². The van der Waals surface area contributed by atoms with Crippen LogP contribution in [-0.2, 0) is 17.8 Å². The predicted octanol–water partition coefficient (Wildman–Crippen LogP) is 1.85. The average molecular weight is 288 g/mol. The van der Waals surface area contributed by atoms with E-state index < -0.39 is 5.97 Å². The molecule has 1 aromatic carbocycles. The van der Waals surface area contributed by atoms with Crippen molar-refractivity contribution in [3.63, 3.8) is 0 Å². The molecule has 2 N–H and O–H groups in total. The molecular formula is C15H16N2O4. The van der Waals surface area contributed by atoms with Crippen LogP contribution in [0.4, 0.5) is 0 Å². The maximum absolute atomic E-state index is 12.0. The largest absolute Gasteiger partial charge is 0.478 e. The molecule has 6 heteroatoms. The van der Waals surface area contributed by atoms with E-state index in [2.05, 4.69) is 10.5 Å². The second-order valence-electron chi connectivity index (χ2n) is 4.72. The number of carboxylic acid groups (broad SMARTS) is 1. The fraction of sp³-hybridized carbons (Fsp3) is 0.267. The molecule has 110 valence electrons. The molecule has 2 rings (SSSR count). The summed E-state index contributed by atoms with van der Waals surface area (Å²) < 4.78 is 5.02. The quantitative estimate of drug-likeness (QED) is 0.876. The van der Waals surface area contributed by atoms with Crippen molar-refractivity contribution in [3.8, 4) is 0 Å². The number of benzene rings is 1. The highest BCUT2D eigenvalue weighted by atomic mass is 16.5. The molecule has 0 radical (unpaired) electrons. The van der Waals surface area contributed by atoms with Crippen molar-refractivity contribution in [1.29, 1.82) is 0 Å². The number of aromatic carboxylic acids is 1. The van der Waals surface area contributed by atoms with Crippen molar-refractivity contribution in [3.05, 3.63) is 52.4 Å². The Bertz CT molecular complexity index is 657. The second-order valence-corrected chi connectivity index (χ2v) is 4.72. The van der Waals surface area contributed by atoms with E-state index in [-0.39, 0.29) is 17.9 Å². The Morgan fingerprint density at radius 3 is 2.62 bits per heavy atom. The molecule has 0 unspecified atom stereocenters. The zero-order chi connectivity index (χ0) is 15.4. The second kappa shape index (κ2) is 6.21. The summed E-state index contributed by atoms with van der Waals surface area (Å²) in [6.07, 6.45) is 0.0197. The molecule has 2 aromatic rings. The van der Waals surface area contributed by atoms with Gasteiger partial charge in [-0.25, -0.2) is 4.79 Å². The van der Waals surface area contributed by atoms with Gasteiger partial charge in [-0.05, 0) is 25.5 Å². The maximum atomic E-state index is 12.0. The van der Waals surface area contributed by atoms with E-state index in [0.717, 1.165) is 11.3 Å². The number of aryl methyl sites for hydroxylation is 2. The average Bonchev–Trinajstić information content (AvgIpc) is 2.76. The van der Waals surface area contributed by atoms with Gasteiger partial charge >= 0.3 is 5.97 Å². The normalized spacial score (nSPS) is 10.4. The summed E-state index contributed by atoms with van der Waals surface area (Å²) in [5.41, 5.74) is 2.21. The molecular weight excluding hydrogens is 272 g/mol. The van der Waals surface area contributed by atoms with Gasteiger partial charge in [0.1, 0.15) is 5.76 Å². The number of nitrogens with one attached hydrogen (secondary N) is 1. The van der Waals surface area contributed by atoms with Crippen LogP contribution < -0.4 is 5.32 Å². The van der Waals surface area contributed by atoms with E-state index in [1.807, 2.05) is 0 Å². The summed E-state index contributed by atoms with van der Waals surface area (Å²) in [6.45, 7) is 3.90. The summed E-state index contributed by atoms with van der Waals surface area (Å²) in [4.78, 5) is 23.0. The first-order valence-electron chi connectivity index (χ1n) is 6.48. The van der Waals surface area contributed by atoms with Crippen LogP contribution in [0.25, 0.3) is 0 Å². The molecule has 0 bridgehead atoms. The minimum Gasteiger partial charge on any atom is -0.478 e. The van der Waals surface area contributed by atoms with Gasteiger partial charge in [-0.2, -0.15) is 0 Å². The summed E-state index contributed by atoms with van der Waals surface area (Å²) in [5, 5.41) is 15.6. The van der Waals surface area contributed by atoms with Gasteiger partial charge in [-0.15, -0.1) is 0 Å². The fourth-order valence-corrected chi connectivity index (χ4v) is 2.06. The zero-order valence-electron chi connectivity index (χ0n) is 11.8. The third-order valence-electron chi connectivity index (χ3n) is 3.24. The van der Waals surface area contributed by atoms with Crippen molar-refractivity contribution in [1.82, 2.24) is 10.5 Å². The molecule has 0 spiro atoms. The van der Waals surface area contributed by atoms with Gasteiger partial charge in [-0.1, -0.05) is 23.4 Å². The Hall–Kier alpha value is -2.63. The molecule has 1 heterocycles. The number of hydrogen-bond acceptors (Lipinski definition) is 4. The third kappa shape index (κ3) is 3.47. The van der Waals surface area contributed by atoms with Gasteiger partial charge in [0.25, 0.3) is 0 Å². The van der Waals surface area contributed by atoms with Crippen LogP contribution in [0.5, 0.6) is 0 Å². The standard InChI is InChI=1S/C15H16N2O4/c1-9-13(10(2)21-17-9)8-16-14(18)7-11-5-3-4-6-12(11)15(19)20/h3-6H,7-8H2,1-2H3,(H,16,18)(H,19,20). The minimum absolute atomic E-state index is 0.0197. The topological polar surface area (TPSA) is 92.4 Å². The third-order valence-corrected chi connectivity index (χ3v) is 3.24. The van der Waals surface area contributed by atoms with Crippen molar-refractivity contribution >= 4 is 11.9 Å². The first-order chi connectivity index (χ1) is 9.99. The highest BCUT2D eigenvalue weighted by Crippen LogP contribution is 2.12. The summed E-state index contributed by atoms with van der Waals surface area (Å²) in [7, 11) is 0. The van der Waals surface area contributed by atoms with Crippen LogP contribution in [-0.4, -0.2) is 22.1 Å². The maximum Gasteiger partial charge on any atom is 0.335 e. The van der Waals surface area contributed by atoms with Gasteiger partial charge < -0.3 is 14.9 Å². The number of aromatic nitrogens is 1. The number of hydrogen-bond donors (Lipinski definition) is 2.